The molecule has 0 spiro atoms. The van der Waals surface area contributed by atoms with Crippen molar-refractivity contribution in [3.8, 4) is 5.75 Å². The molecule has 0 radical (unpaired) electrons. The number of cyclic esters (lactones) is 1. The van der Waals surface area contributed by atoms with E-state index >= 15 is 0 Å². The van der Waals surface area contributed by atoms with Gasteiger partial charge in [0.25, 0.3) is 17.7 Å². The van der Waals surface area contributed by atoms with Gasteiger partial charge in [-0.3, -0.25) is 39.0 Å². The number of nitrogens with one attached hydrogen (secondary N) is 3. The maximum absolute atomic E-state index is 13.3. The zero-order valence-corrected chi connectivity index (χ0v) is 40.3. The number of hydrogen-bond acceptors (Lipinski definition) is 11. The van der Waals surface area contributed by atoms with Gasteiger partial charge in [0.2, 0.25) is 11.8 Å². The molecule has 1 aromatic rings. The Labute approximate surface area is 384 Å². The molecule has 0 bridgehead atoms. The minimum absolute atomic E-state index is 0.00303. The summed E-state index contributed by atoms with van der Waals surface area (Å²) in [6, 6.07) is 3.42. The first-order valence-electron chi connectivity index (χ1n) is 23.8. The predicted molar refractivity (Wildman–Crippen MR) is 245 cm³/mol. The summed E-state index contributed by atoms with van der Waals surface area (Å²) in [7, 11) is -2.04. The van der Waals surface area contributed by atoms with E-state index in [4.69, 9.17) is 18.6 Å². The van der Waals surface area contributed by atoms with Crippen LogP contribution < -0.4 is 20.7 Å². The molecule has 6 amide bonds. The van der Waals surface area contributed by atoms with E-state index < -0.39 is 38.0 Å². The molecule has 0 saturated carbocycles. The van der Waals surface area contributed by atoms with Crippen LogP contribution in [-0.2, 0) is 33.1 Å². The number of unbranched alkanes of at least 4 members (excludes halogenated alkanes) is 5. The number of alkyl carbamates (subject to hydrolysis) is 1. The number of nitrogens with zero attached hydrogens (tertiary/aromatic N) is 1. The largest absolute Gasteiger partial charge is 0.483 e. The normalized spacial score (nSPS) is 26.7. The summed E-state index contributed by atoms with van der Waals surface area (Å²) in [6.45, 7) is 16.1. The quantitative estimate of drug-likeness (QED) is 0.0546. The van der Waals surface area contributed by atoms with Crippen LogP contribution >= 0.6 is 0 Å². The van der Waals surface area contributed by atoms with E-state index in [9.17, 15) is 33.6 Å². The highest BCUT2D eigenvalue weighted by Gasteiger charge is 2.47. The fourth-order valence-corrected chi connectivity index (χ4v) is 11.0. The highest BCUT2D eigenvalue weighted by atomic mass is 28.4. The van der Waals surface area contributed by atoms with Gasteiger partial charge in [-0.2, -0.15) is 0 Å². The Balaban J connectivity index is 0.857. The summed E-state index contributed by atoms with van der Waals surface area (Å²) in [4.78, 5) is 89.6. The average Bonchev–Trinajstić information content (AvgIpc) is 3.48. The number of benzene rings is 1. The minimum atomic E-state index is -2.04. The van der Waals surface area contributed by atoms with Gasteiger partial charge >= 0.3 is 12.1 Å². The minimum Gasteiger partial charge on any atom is -0.483 e. The first-order valence-corrected chi connectivity index (χ1v) is 26.7. The van der Waals surface area contributed by atoms with Crippen molar-refractivity contribution in [1.29, 1.82) is 0 Å². The zero-order valence-electron chi connectivity index (χ0n) is 39.3. The number of carbonyl (C=O) groups is 7. The number of rotatable bonds is 19. The summed E-state index contributed by atoms with van der Waals surface area (Å²) < 4.78 is 24.4. The van der Waals surface area contributed by atoms with Gasteiger partial charge in [-0.1, -0.05) is 84.6 Å². The van der Waals surface area contributed by atoms with Crippen LogP contribution in [0.2, 0.25) is 18.1 Å². The second-order valence-electron chi connectivity index (χ2n) is 20.2. The van der Waals surface area contributed by atoms with Crippen LogP contribution in [-0.4, -0.2) is 98.9 Å². The Hall–Kier alpha value is -4.83. The monoisotopic (exact) mass is 918 g/mol. The third-order valence-corrected chi connectivity index (χ3v) is 18.7. The number of allylic oxidation sites excluding steroid dienone is 3. The highest BCUT2D eigenvalue weighted by molar-refractivity contribution is 6.74. The lowest BCUT2D eigenvalue weighted by atomic mass is 9.65. The Morgan fingerprint density at radius 1 is 0.923 bits per heavy atom. The van der Waals surface area contributed by atoms with Crippen molar-refractivity contribution in [3.05, 3.63) is 53.1 Å². The molecule has 3 N–H and O–H groups in total. The SMILES string of the molecule is C[C@H]1C=C2C=C[C@H](C)[C@H](CC[C@@H]3C[C@@H](O[Si](C)(C)C(C)(C)C)CC(=O)O3)[C@H]2[C@@H](OC(=O)NCCCCCCCCNC(=O)COc2cccc3c2C(=O)N(C2CCC(=O)NC2=O)C3=O)C1. The Morgan fingerprint density at radius 2 is 1.63 bits per heavy atom. The molecule has 1 unspecified atom stereocenters. The maximum atomic E-state index is 13.3. The van der Waals surface area contributed by atoms with Crippen LogP contribution in [0.5, 0.6) is 5.75 Å². The lowest BCUT2D eigenvalue weighted by Gasteiger charge is -2.44. The number of fused-ring (bicyclic) bond motifs is 2. The summed E-state index contributed by atoms with van der Waals surface area (Å²) in [5, 5.41) is 8.04. The number of imide groups is 2. The topological polar surface area (TPSA) is 196 Å². The molecule has 2 saturated heterocycles. The van der Waals surface area contributed by atoms with Gasteiger partial charge < -0.3 is 29.3 Å². The lowest BCUT2D eigenvalue weighted by Crippen LogP contribution is -2.54. The van der Waals surface area contributed by atoms with Gasteiger partial charge in [-0.15, -0.1) is 0 Å². The van der Waals surface area contributed by atoms with E-state index in [2.05, 4.69) is 81.9 Å². The smallest absolute Gasteiger partial charge is 0.407 e. The Kier molecular flexibility index (Phi) is 16.5. The first kappa shape index (κ1) is 49.6. The van der Waals surface area contributed by atoms with Gasteiger partial charge in [0.15, 0.2) is 14.9 Å². The molecule has 0 aromatic heterocycles. The first-order chi connectivity index (χ1) is 30.8. The molecular weight excluding hydrogens is 849 g/mol. The predicted octanol–water partition coefficient (Wildman–Crippen LogP) is 7.30. The molecule has 65 heavy (non-hydrogen) atoms. The van der Waals surface area contributed by atoms with Crippen molar-refractivity contribution >= 4 is 49.9 Å². The van der Waals surface area contributed by atoms with Crippen molar-refractivity contribution in [2.45, 2.75) is 161 Å². The fraction of sp³-hybridized carbons (Fsp3) is 0.653. The Morgan fingerprint density at radius 3 is 2.34 bits per heavy atom. The number of amides is 6. The van der Waals surface area contributed by atoms with Gasteiger partial charge in [-0.05, 0) is 92.1 Å². The lowest BCUT2D eigenvalue weighted by molar-refractivity contribution is -0.160. The molecule has 5 aliphatic rings. The van der Waals surface area contributed by atoms with Crippen LogP contribution in [0.25, 0.3) is 0 Å². The van der Waals surface area contributed by atoms with Crippen LogP contribution in [0.3, 0.4) is 0 Å². The number of hydrogen-bond donors (Lipinski definition) is 3. The molecule has 3 heterocycles. The summed E-state index contributed by atoms with van der Waals surface area (Å²) in [6.07, 6.45) is 14.7. The van der Waals surface area contributed by atoms with Crippen LogP contribution in [0, 0.1) is 23.7 Å². The van der Waals surface area contributed by atoms with Gasteiger partial charge in [0.05, 0.1) is 23.7 Å². The number of carbonyl (C=O) groups excluding carboxylic acids is 7. The second-order valence-corrected chi connectivity index (χ2v) is 24.9. The van der Waals surface area contributed by atoms with E-state index in [0.717, 1.165) is 62.7 Å². The van der Waals surface area contributed by atoms with E-state index in [1.807, 2.05) is 0 Å². The Bertz CT molecular complexity index is 2030. The molecular formula is C49H70N4O11Si. The third-order valence-electron chi connectivity index (χ3n) is 14.1. The molecule has 8 atom stereocenters. The fourth-order valence-electron chi connectivity index (χ4n) is 9.66. The van der Waals surface area contributed by atoms with E-state index in [1.165, 1.54) is 17.7 Å². The standard InChI is InChI=1S/C49H70N4O11Si/c1-30-25-32-18-17-31(2)35(20-19-33-27-34(28-42(56)62-33)64-65(6,7)49(3,4)5)43(32)39(26-30)63-48(60)51-24-13-11-9-8-10-12-23-50-41(55)29-61-38-16-14-15-36-44(38)47(59)53(46(36)58)37-21-22-40(54)52-45(37)57/h14-18,25,30-31,33-35,37,39,43H,8-13,19-24,26-29H2,1-7H3,(H,50,55)(H,51,60)(H,52,54,57)/t30-,31-,33+,34+,35-,37?,39-,43-/m0/s1. The summed E-state index contributed by atoms with van der Waals surface area (Å²) in [5.41, 5.74) is 1.31. The molecule has 2 aliphatic carbocycles. The molecule has 15 nitrogen and oxygen atoms in total. The van der Waals surface area contributed by atoms with Gasteiger partial charge in [0.1, 0.15) is 24.0 Å². The van der Waals surface area contributed by atoms with Gasteiger partial charge in [-0.25, -0.2) is 4.79 Å². The molecule has 1 aromatic carbocycles. The van der Waals surface area contributed by atoms with Crippen molar-refractivity contribution < 1.29 is 52.2 Å². The average molecular weight is 919 g/mol. The zero-order chi connectivity index (χ0) is 47.1. The van der Waals surface area contributed by atoms with Crippen molar-refractivity contribution in [3.63, 3.8) is 0 Å². The number of esters is 1. The van der Waals surface area contributed by atoms with E-state index in [1.54, 1.807) is 6.07 Å². The highest BCUT2D eigenvalue weighted by Crippen LogP contribution is 2.46. The molecule has 2 fully saturated rings. The number of piperidine rings is 1. The van der Waals surface area contributed by atoms with Crippen LogP contribution in [0.1, 0.15) is 139 Å². The summed E-state index contributed by atoms with van der Waals surface area (Å²) >= 11 is 0. The molecule has 6 rings (SSSR count). The molecule has 356 valence electrons. The van der Waals surface area contributed by atoms with Crippen molar-refractivity contribution in [1.82, 2.24) is 20.9 Å². The van der Waals surface area contributed by atoms with Gasteiger partial charge in [0, 0.05) is 31.8 Å². The number of ether oxygens (including phenoxy) is 3. The molecule has 16 heteroatoms. The third kappa shape index (κ3) is 12.5. The second kappa shape index (κ2) is 21.6. The van der Waals surface area contributed by atoms with Crippen LogP contribution in [0.15, 0.2) is 42.0 Å². The van der Waals surface area contributed by atoms with Crippen LogP contribution in [0.4, 0.5) is 4.79 Å². The van der Waals surface area contributed by atoms with Crippen molar-refractivity contribution in [2.24, 2.45) is 23.7 Å². The van der Waals surface area contributed by atoms with E-state index in [0.29, 0.717) is 25.9 Å². The maximum Gasteiger partial charge on any atom is 0.407 e. The molecule has 3 aliphatic heterocycles. The van der Waals surface area contributed by atoms with E-state index in [-0.39, 0.29) is 101 Å². The van der Waals surface area contributed by atoms with Crippen molar-refractivity contribution in [2.75, 3.05) is 19.7 Å². The summed E-state index contributed by atoms with van der Waals surface area (Å²) in [5.74, 6) is -2.08.